The number of amides is 1. The lowest BCUT2D eigenvalue weighted by Crippen LogP contribution is -2.39. The van der Waals surface area contributed by atoms with Crippen molar-refractivity contribution in [1.82, 2.24) is 14.9 Å². The van der Waals surface area contributed by atoms with E-state index in [-0.39, 0.29) is 17.8 Å². The highest BCUT2D eigenvalue weighted by atomic mass is 19.1. The first-order valence-electron chi connectivity index (χ1n) is 11.8. The number of aromatic nitrogens is 2. The van der Waals surface area contributed by atoms with E-state index in [0.717, 1.165) is 45.0 Å². The molecule has 0 bridgehead atoms. The number of halogens is 1. The molecule has 4 aromatic rings. The van der Waals surface area contributed by atoms with Gasteiger partial charge in [0.2, 0.25) is 5.91 Å². The van der Waals surface area contributed by atoms with Gasteiger partial charge in [0.1, 0.15) is 11.9 Å². The van der Waals surface area contributed by atoms with Gasteiger partial charge in [0.05, 0.1) is 0 Å². The fourth-order valence-corrected chi connectivity index (χ4v) is 5.40. The van der Waals surface area contributed by atoms with E-state index in [1.54, 1.807) is 6.07 Å². The van der Waals surface area contributed by atoms with Crippen molar-refractivity contribution in [2.24, 2.45) is 0 Å². The zero-order valence-corrected chi connectivity index (χ0v) is 19.1. The molecule has 3 N–H and O–H groups in total. The largest absolute Gasteiger partial charge is 0.480 e. The maximum Gasteiger partial charge on any atom is 0.326 e. The summed E-state index contributed by atoms with van der Waals surface area (Å²) < 4.78 is 16.0. The van der Waals surface area contributed by atoms with Crippen LogP contribution in [0.2, 0.25) is 0 Å². The lowest BCUT2D eigenvalue weighted by Gasteiger charge is -2.26. The second-order valence-electron chi connectivity index (χ2n) is 9.09. The molecule has 0 fully saturated rings. The average Bonchev–Trinajstić information content (AvgIpc) is 3.37. The molecule has 176 valence electrons. The molecule has 1 amide bonds. The van der Waals surface area contributed by atoms with Crippen molar-refractivity contribution in [2.45, 2.75) is 57.5 Å². The molecular formula is C27H28FN3O3. The molecule has 0 spiro atoms. The number of aliphatic carboxylic acids is 1. The van der Waals surface area contributed by atoms with Gasteiger partial charge in [-0.05, 0) is 67.5 Å². The minimum absolute atomic E-state index is 0.00868. The molecule has 0 saturated carbocycles. The van der Waals surface area contributed by atoms with Crippen LogP contribution in [0.4, 0.5) is 4.39 Å². The molecule has 1 aliphatic carbocycles. The van der Waals surface area contributed by atoms with Gasteiger partial charge in [-0.15, -0.1) is 0 Å². The number of nitrogens with one attached hydrogen (secondary N) is 2. The lowest BCUT2D eigenvalue weighted by molar-refractivity contribution is -0.141. The van der Waals surface area contributed by atoms with Crippen LogP contribution in [0.15, 0.2) is 48.7 Å². The highest BCUT2D eigenvalue weighted by Gasteiger charge is 2.30. The number of carbonyl (C=O) groups is 2. The lowest BCUT2D eigenvalue weighted by atomic mass is 9.91. The summed E-state index contributed by atoms with van der Waals surface area (Å²) in [7, 11) is 0. The maximum absolute atomic E-state index is 14.1. The predicted molar refractivity (Wildman–Crippen MR) is 129 cm³/mol. The number of para-hydroxylation sites is 1. The number of H-pyrrole nitrogens is 1. The van der Waals surface area contributed by atoms with Gasteiger partial charge in [-0.25, -0.2) is 9.18 Å². The fourth-order valence-electron chi connectivity index (χ4n) is 5.40. The van der Waals surface area contributed by atoms with Crippen LogP contribution in [-0.2, 0) is 28.9 Å². The standard InChI is InChI=1S/C27H28FN3O3/c1-2-23(27(33)34)31-24-10-8-17(28)13-20(24)21-14-18(9-11-25(21)31)30-26(32)12-7-16-15-29-22-6-4-3-5-19(16)22/h3-6,8,10,13,15,18,23,29H,2,7,9,11-12,14H2,1H3,(H,30,32)(H,33,34). The van der Waals surface area contributed by atoms with E-state index in [9.17, 15) is 19.1 Å². The molecule has 7 heteroatoms. The van der Waals surface area contributed by atoms with Crippen LogP contribution in [0.5, 0.6) is 0 Å². The van der Waals surface area contributed by atoms with Crippen molar-refractivity contribution in [3.05, 3.63) is 71.3 Å². The highest BCUT2D eigenvalue weighted by molar-refractivity contribution is 5.88. The van der Waals surface area contributed by atoms with Crippen LogP contribution in [0.25, 0.3) is 21.8 Å². The Bertz CT molecular complexity index is 1390. The Labute approximate surface area is 196 Å². The summed E-state index contributed by atoms with van der Waals surface area (Å²) in [5.41, 5.74) is 4.82. The Morgan fingerprint density at radius 2 is 2.06 bits per heavy atom. The Balaban J connectivity index is 1.34. The molecule has 6 nitrogen and oxygen atoms in total. The van der Waals surface area contributed by atoms with Gasteiger partial charge < -0.3 is 20.0 Å². The molecule has 2 unspecified atom stereocenters. The first-order valence-corrected chi connectivity index (χ1v) is 11.8. The van der Waals surface area contributed by atoms with E-state index in [4.69, 9.17) is 0 Å². The number of carboxylic acids is 1. The van der Waals surface area contributed by atoms with Gasteiger partial charge in [0.15, 0.2) is 0 Å². The third kappa shape index (κ3) is 3.95. The van der Waals surface area contributed by atoms with Crippen LogP contribution in [-0.4, -0.2) is 32.6 Å². The zero-order chi connectivity index (χ0) is 23.8. The van der Waals surface area contributed by atoms with Gasteiger partial charge in [-0.2, -0.15) is 0 Å². The summed E-state index contributed by atoms with van der Waals surface area (Å²) >= 11 is 0. The van der Waals surface area contributed by atoms with Gasteiger partial charge >= 0.3 is 5.97 Å². The van der Waals surface area contributed by atoms with E-state index in [1.807, 2.05) is 35.9 Å². The molecule has 5 rings (SSSR count). The molecule has 34 heavy (non-hydrogen) atoms. The number of benzene rings is 2. The van der Waals surface area contributed by atoms with Gasteiger partial charge in [-0.3, -0.25) is 4.79 Å². The molecule has 0 radical (unpaired) electrons. The van der Waals surface area contributed by atoms with Gasteiger partial charge in [0, 0.05) is 46.2 Å². The molecule has 2 atom stereocenters. The first kappa shape index (κ1) is 22.2. The van der Waals surface area contributed by atoms with Crippen LogP contribution >= 0.6 is 0 Å². The molecule has 2 aromatic heterocycles. The topological polar surface area (TPSA) is 87.1 Å². The molecule has 0 aliphatic heterocycles. The summed E-state index contributed by atoms with van der Waals surface area (Å²) in [6.45, 7) is 1.85. The number of aromatic amines is 1. The number of rotatable bonds is 7. The number of aryl methyl sites for hydroxylation is 1. The SMILES string of the molecule is CCC(C(=O)O)n1c2c(c3cc(F)ccc31)CC(NC(=O)CCc1c[nH]c3ccccc13)CC2. The van der Waals surface area contributed by atoms with Gasteiger partial charge in [0.25, 0.3) is 0 Å². The second kappa shape index (κ2) is 8.97. The predicted octanol–water partition coefficient (Wildman–Crippen LogP) is 4.90. The number of carbonyl (C=O) groups excluding carboxylic acids is 1. The Morgan fingerprint density at radius 1 is 1.24 bits per heavy atom. The Kier molecular flexibility index (Phi) is 5.86. The van der Waals surface area contributed by atoms with Gasteiger partial charge in [-0.1, -0.05) is 25.1 Å². The van der Waals surface area contributed by atoms with Crippen LogP contribution in [0.1, 0.15) is 49.0 Å². The minimum Gasteiger partial charge on any atom is -0.480 e. The summed E-state index contributed by atoms with van der Waals surface area (Å²) in [6, 6.07) is 11.8. The monoisotopic (exact) mass is 461 g/mol. The molecule has 2 aromatic carbocycles. The zero-order valence-electron chi connectivity index (χ0n) is 19.1. The number of nitrogens with zero attached hydrogens (tertiary/aromatic N) is 1. The highest BCUT2D eigenvalue weighted by Crippen LogP contribution is 2.36. The normalized spacial score (nSPS) is 16.5. The fraction of sp³-hybridized carbons (Fsp3) is 0.333. The summed E-state index contributed by atoms with van der Waals surface area (Å²) in [6.07, 6.45) is 5.37. The smallest absolute Gasteiger partial charge is 0.326 e. The average molecular weight is 462 g/mol. The molecule has 1 aliphatic rings. The quantitative estimate of drug-likeness (QED) is 0.366. The van der Waals surface area contributed by atoms with Crippen LogP contribution < -0.4 is 5.32 Å². The summed E-state index contributed by atoms with van der Waals surface area (Å²) in [4.78, 5) is 27.9. The van der Waals surface area contributed by atoms with Crippen LogP contribution in [0.3, 0.4) is 0 Å². The number of carboxylic acid groups (broad SMARTS) is 1. The minimum atomic E-state index is -0.890. The molecule has 2 heterocycles. The van der Waals surface area contributed by atoms with Crippen LogP contribution in [0, 0.1) is 5.82 Å². The maximum atomic E-state index is 14.1. The molecular weight excluding hydrogens is 433 g/mol. The third-order valence-electron chi connectivity index (χ3n) is 7.01. The number of hydrogen-bond donors (Lipinski definition) is 3. The van der Waals surface area contributed by atoms with E-state index in [1.165, 1.54) is 12.1 Å². The third-order valence-corrected chi connectivity index (χ3v) is 7.01. The van der Waals surface area contributed by atoms with Crippen molar-refractivity contribution in [1.29, 1.82) is 0 Å². The summed E-state index contributed by atoms with van der Waals surface area (Å²) in [5, 5.41) is 14.8. The molecule has 0 saturated heterocycles. The van der Waals surface area contributed by atoms with E-state index >= 15 is 0 Å². The van der Waals surface area contributed by atoms with E-state index < -0.39 is 12.0 Å². The first-order chi connectivity index (χ1) is 16.5. The Hall–Kier alpha value is -3.61. The summed E-state index contributed by atoms with van der Waals surface area (Å²) in [5.74, 6) is -1.24. The Morgan fingerprint density at radius 3 is 2.85 bits per heavy atom. The van der Waals surface area contributed by atoms with Crippen molar-refractivity contribution >= 4 is 33.7 Å². The van der Waals surface area contributed by atoms with Crippen molar-refractivity contribution in [3.8, 4) is 0 Å². The van der Waals surface area contributed by atoms with Crippen molar-refractivity contribution < 1.29 is 19.1 Å². The van der Waals surface area contributed by atoms with Crippen molar-refractivity contribution in [2.75, 3.05) is 0 Å². The van der Waals surface area contributed by atoms with E-state index in [2.05, 4.69) is 16.4 Å². The number of hydrogen-bond acceptors (Lipinski definition) is 2. The number of fused-ring (bicyclic) bond motifs is 4. The van der Waals surface area contributed by atoms with E-state index in [0.29, 0.717) is 32.1 Å². The second-order valence-corrected chi connectivity index (χ2v) is 9.09. The van der Waals surface area contributed by atoms with Crippen molar-refractivity contribution in [3.63, 3.8) is 0 Å².